The van der Waals surface area contributed by atoms with Crippen molar-refractivity contribution in [1.82, 2.24) is 0 Å². The number of hydrogen-bond acceptors (Lipinski definition) is 2. The van der Waals surface area contributed by atoms with Gasteiger partial charge in [0.25, 0.3) is 11.8 Å². The molecular formula is C22H19NO2. The molecule has 0 N–H and O–H groups in total. The Kier molecular flexibility index (Phi) is 3.29. The molecule has 0 aliphatic carbocycles. The minimum atomic E-state index is -0.266. The van der Waals surface area contributed by atoms with Crippen LogP contribution in [0.3, 0.4) is 0 Å². The summed E-state index contributed by atoms with van der Waals surface area (Å²) in [5, 5.41) is 1.67. The van der Waals surface area contributed by atoms with Crippen LogP contribution in [-0.2, 0) is 5.41 Å². The van der Waals surface area contributed by atoms with E-state index in [2.05, 4.69) is 20.8 Å². The quantitative estimate of drug-likeness (QED) is 0.593. The van der Waals surface area contributed by atoms with E-state index in [4.69, 9.17) is 0 Å². The van der Waals surface area contributed by atoms with E-state index in [0.29, 0.717) is 16.8 Å². The van der Waals surface area contributed by atoms with E-state index in [9.17, 15) is 9.59 Å². The Hall–Kier alpha value is -2.94. The van der Waals surface area contributed by atoms with Gasteiger partial charge in [0.15, 0.2) is 0 Å². The fraction of sp³-hybridized carbons (Fsp3) is 0.182. The third-order valence-electron chi connectivity index (χ3n) is 4.76. The molecule has 0 spiro atoms. The number of carbonyl (C=O) groups excluding carboxylic acids is 2. The van der Waals surface area contributed by atoms with Crippen LogP contribution in [0, 0.1) is 0 Å². The number of carbonyl (C=O) groups is 2. The molecule has 1 aliphatic heterocycles. The molecule has 124 valence electrons. The molecular weight excluding hydrogens is 310 g/mol. The van der Waals surface area contributed by atoms with Crippen molar-refractivity contribution >= 4 is 28.3 Å². The van der Waals surface area contributed by atoms with Gasteiger partial charge < -0.3 is 0 Å². The predicted molar refractivity (Wildman–Crippen MR) is 100 cm³/mol. The summed E-state index contributed by atoms with van der Waals surface area (Å²) in [7, 11) is 0. The molecule has 3 nitrogen and oxygen atoms in total. The molecule has 3 aromatic carbocycles. The minimum Gasteiger partial charge on any atom is -0.268 e. The first kappa shape index (κ1) is 15.6. The van der Waals surface area contributed by atoms with Gasteiger partial charge >= 0.3 is 0 Å². The Morgan fingerprint density at radius 1 is 0.720 bits per heavy atom. The summed E-state index contributed by atoms with van der Waals surface area (Å²) in [5.41, 5.74) is 2.94. The largest absolute Gasteiger partial charge is 0.268 e. The van der Waals surface area contributed by atoms with Crippen molar-refractivity contribution in [2.45, 2.75) is 26.2 Å². The topological polar surface area (TPSA) is 37.4 Å². The lowest BCUT2D eigenvalue weighted by molar-refractivity contribution is 0.0893. The van der Waals surface area contributed by atoms with Gasteiger partial charge in [-0.3, -0.25) is 9.59 Å². The van der Waals surface area contributed by atoms with Gasteiger partial charge in [-0.1, -0.05) is 57.2 Å². The molecule has 0 radical (unpaired) electrons. The maximum absolute atomic E-state index is 13.0. The molecule has 1 heterocycles. The van der Waals surface area contributed by atoms with Gasteiger partial charge in [0.1, 0.15) is 0 Å². The molecule has 25 heavy (non-hydrogen) atoms. The zero-order valence-corrected chi connectivity index (χ0v) is 14.5. The molecule has 0 saturated heterocycles. The lowest BCUT2D eigenvalue weighted by Gasteiger charge is -2.28. The number of amides is 2. The Morgan fingerprint density at radius 2 is 1.24 bits per heavy atom. The second-order valence-electron chi connectivity index (χ2n) is 7.45. The molecule has 3 aromatic rings. The van der Waals surface area contributed by atoms with E-state index < -0.39 is 0 Å². The number of anilines is 1. The van der Waals surface area contributed by atoms with Crippen LogP contribution in [0.4, 0.5) is 5.69 Å². The SMILES string of the molecule is CC(C)(C)c1ccc(N2C(=O)c3cccc4cccc(c34)C2=O)cc1. The molecule has 0 aromatic heterocycles. The zero-order chi connectivity index (χ0) is 17.8. The highest BCUT2D eigenvalue weighted by molar-refractivity contribution is 6.35. The van der Waals surface area contributed by atoms with E-state index >= 15 is 0 Å². The van der Waals surface area contributed by atoms with Gasteiger partial charge in [-0.05, 0) is 40.6 Å². The number of rotatable bonds is 1. The van der Waals surface area contributed by atoms with Gasteiger partial charge in [0.05, 0.1) is 5.69 Å². The second-order valence-corrected chi connectivity index (χ2v) is 7.45. The van der Waals surface area contributed by atoms with E-state index in [1.54, 1.807) is 12.1 Å². The van der Waals surface area contributed by atoms with Gasteiger partial charge in [0.2, 0.25) is 0 Å². The first-order chi connectivity index (χ1) is 11.9. The van der Waals surface area contributed by atoms with Crippen molar-refractivity contribution in [3.63, 3.8) is 0 Å². The Bertz CT molecular complexity index is 960. The standard InChI is InChI=1S/C22H19NO2/c1-22(2,3)15-10-12-16(13-11-15)23-20(24)17-8-4-6-14-7-5-9-18(19(14)17)21(23)25/h4-13H,1-3H3. The van der Waals surface area contributed by atoms with Crippen molar-refractivity contribution < 1.29 is 9.59 Å². The number of hydrogen-bond donors (Lipinski definition) is 0. The number of benzene rings is 3. The summed E-state index contributed by atoms with van der Waals surface area (Å²) in [4.78, 5) is 27.3. The maximum Gasteiger partial charge on any atom is 0.265 e. The third-order valence-corrected chi connectivity index (χ3v) is 4.76. The van der Waals surface area contributed by atoms with Crippen molar-refractivity contribution in [3.8, 4) is 0 Å². The lowest BCUT2D eigenvalue weighted by Crippen LogP contribution is -2.40. The van der Waals surface area contributed by atoms with E-state index in [1.165, 1.54) is 4.90 Å². The first-order valence-electron chi connectivity index (χ1n) is 8.39. The van der Waals surface area contributed by atoms with Crippen LogP contribution in [0.15, 0.2) is 60.7 Å². The van der Waals surface area contributed by atoms with Crippen LogP contribution in [0.25, 0.3) is 10.8 Å². The van der Waals surface area contributed by atoms with Gasteiger partial charge in [-0.25, -0.2) is 4.90 Å². The zero-order valence-electron chi connectivity index (χ0n) is 14.5. The molecule has 0 unspecified atom stereocenters. The van der Waals surface area contributed by atoms with Crippen molar-refractivity contribution in [2.24, 2.45) is 0 Å². The van der Waals surface area contributed by atoms with E-state index in [1.807, 2.05) is 48.5 Å². The maximum atomic E-state index is 13.0. The smallest absolute Gasteiger partial charge is 0.265 e. The molecule has 0 bridgehead atoms. The van der Waals surface area contributed by atoms with Crippen molar-refractivity contribution in [1.29, 1.82) is 0 Å². The van der Waals surface area contributed by atoms with Crippen LogP contribution in [-0.4, -0.2) is 11.8 Å². The van der Waals surface area contributed by atoms with Crippen molar-refractivity contribution in [3.05, 3.63) is 77.4 Å². The summed E-state index contributed by atoms with van der Waals surface area (Å²) in [6, 6.07) is 18.8. The fourth-order valence-electron chi connectivity index (χ4n) is 3.38. The summed E-state index contributed by atoms with van der Waals surface area (Å²) >= 11 is 0. The monoisotopic (exact) mass is 329 g/mol. The summed E-state index contributed by atoms with van der Waals surface area (Å²) in [6.45, 7) is 6.41. The first-order valence-corrected chi connectivity index (χ1v) is 8.39. The lowest BCUT2D eigenvalue weighted by atomic mass is 9.87. The Balaban J connectivity index is 1.85. The Labute approximate surface area is 146 Å². The summed E-state index contributed by atoms with van der Waals surface area (Å²) < 4.78 is 0. The fourth-order valence-corrected chi connectivity index (χ4v) is 3.38. The van der Waals surface area contributed by atoms with Gasteiger partial charge in [-0.15, -0.1) is 0 Å². The molecule has 0 atom stereocenters. The average molecular weight is 329 g/mol. The normalized spacial score (nSPS) is 14.3. The van der Waals surface area contributed by atoms with Crippen molar-refractivity contribution in [2.75, 3.05) is 4.90 Å². The van der Waals surface area contributed by atoms with Crippen LogP contribution in [0.5, 0.6) is 0 Å². The van der Waals surface area contributed by atoms with Crippen LogP contribution >= 0.6 is 0 Å². The molecule has 0 fully saturated rings. The summed E-state index contributed by atoms with van der Waals surface area (Å²) in [6.07, 6.45) is 0. The molecule has 4 rings (SSSR count). The van der Waals surface area contributed by atoms with E-state index in [-0.39, 0.29) is 17.2 Å². The van der Waals surface area contributed by atoms with E-state index in [0.717, 1.165) is 16.3 Å². The highest BCUT2D eigenvalue weighted by Gasteiger charge is 2.33. The van der Waals surface area contributed by atoms with Crippen LogP contribution in [0.1, 0.15) is 47.1 Å². The molecule has 2 amide bonds. The number of imide groups is 1. The highest BCUT2D eigenvalue weighted by Crippen LogP contribution is 2.33. The molecule has 0 saturated carbocycles. The highest BCUT2D eigenvalue weighted by atomic mass is 16.2. The Morgan fingerprint density at radius 3 is 1.72 bits per heavy atom. The van der Waals surface area contributed by atoms with Gasteiger partial charge in [0, 0.05) is 16.5 Å². The third kappa shape index (κ3) is 2.35. The van der Waals surface area contributed by atoms with Gasteiger partial charge in [-0.2, -0.15) is 0 Å². The average Bonchev–Trinajstić information content (AvgIpc) is 2.59. The van der Waals surface area contributed by atoms with Crippen LogP contribution in [0.2, 0.25) is 0 Å². The molecule has 3 heteroatoms. The number of nitrogens with zero attached hydrogens (tertiary/aromatic N) is 1. The minimum absolute atomic E-state index is 0.0205. The van der Waals surface area contributed by atoms with Crippen LogP contribution < -0.4 is 4.90 Å². The predicted octanol–water partition coefficient (Wildman–Crippen LogP) is 4.94. The second kappa shape index (κ2) is 5.28. The molecule has 1 aliphatic rings. The summed E-state index contributed by atoms with van der Waals surface area (Å²) in [5.74, 6) is -0.532.